The molecule has 2 nitrogen and oxygen atoms in total. The van der Waals surface area contributed by atoms with Gasteiger partial charge in [0.2, 0.25) is 5.91 Å². The van der Waals surface area contributed by atoms with Crippen LogP contribution in [0.4, 0.5) is 14.5 Å². The molecular formula is C18H19F2NO. The van der Waals surface area contributed by atoms with E-state index < -0.39 is 11.6 Å². The monoisotopic (exact) mass is 303 g/mol. The van der Waals surface area contributed by atoms with E-state index >= 15 is 0 Å². The van der Waals surface area contributed by atoms with Gasteiger partial charge in [-0.25, -0.2) is 8.78 Å². The molecule has 4 heteroatoms. The summed E-state index contributed by atoms with van der Waals surface area (Å²) in [5.74, 6) is -2.01. The van der Waals surface area contributed by atoms with Gasteiger partial charge in [-0.1, -0.05) is 50.6 Å². The summed E-state index contributed by atoms with van der Waals surface area (Å²) in [6.45, 7) is 3.99. The lowest BCUT2D eigenvalue weighted by atomic mass is 9.85. The van der Waals surface area contributed by atoms with Crippen molar-refractivity contribution in [1.29, 1.82) is 0 Å². The van der Waals surface area contributed by atoms with Gasteiger partial charge in [0.1, 0.15) is 11.6 Å². The molecule has 0 radical (unpaired) electrons. The number of hydrogen-bond acceptors (Lipinski definition) is 1. The van der Waals surface area contributed by atoms with Crippen LogP contribution < -0.4 is 5.32 Å². The third-order valence-corrected chi connectivity index (χ3v) is 3.84. The molecule has 2 aromatic carbocycles. The predicted molar refractivity (Wildman–Crippen MR) is 83.6 cm³/mol. The highest BCUT2D eigenvalue weighted by Gasteiger charge is 2.26. The van der Waals surface area contributed by atoms with Crippen LogP contribution in [0, 0.1) is 17.6 Å². The molecule has 0 saturated carbocycles. The van der Waals surface area contributed by atoms with Crippen LogP contribution in [-0.2, 0) is 4.79 Å². The average Bonchev–Trinajstić information content (AvgIpc) is 2.51. The average molecular weight is 303 g/mol. The Balaban J connectivity index is 2.26. The van der Waals surface area contributed by atoms with Gasteiger partial charge in [-0.15, -0.1) is 0 Å². The SMILES string of the molecule is CC[C@@H](C)[C@@H](C(=O)Nc1ccc(F)cc1F)c1ccccc1. The van der Waals surface area contributed by atoms with E-state index in [4.69, 9.17) is 0 Å². The lowest BCUT2D eigenvalue weighted by Gasteiger charge is -2.23. The van der Waals surface area contributed by atoms with Gasteiger partial charge in [0.25, 0.3) is 0 Å². The third-order valence-electron chi connectivity index (χ3n) is 3.84. The van der Waals surface area contributed by atoms with E-state index in [1.54, 1.807) is 0 Å². The van der Waals surface area contributed by atoms with E-state index in [-0.39, 0.29) is 23.4 Å². The number of halogens is 2. The van der Waals surface area contributed by atoms with Crippen LogP contribution in [0.15, 0.2) is 48.5 Å². The lowest BCUT2D eigenvalue weighted by molar-refractivity contribution is -0.118. The van der Waals surface area contributed by atoms with Crippen LogP contribution in [0.2, 0.25) is 0 Å². The van der Waals surface area contributed by atoms with Gasteiger partial charge in [-0.3, -0.25) is 4.79 Å². The first-order chi connectivity index (χ1) is 10.5. The fourth-order valence-electron chi connectivity index (χ4n) is 2.44. The highest BCUT2D eigenvalue weighted by atomic mass is 19.1. The van der Waals surface area contributed by atoms with Gasteiger partial charge in [0.15, 0.2) is 0 Å². The Bertz CT molecular complexity index is 643. The van der Waals surface area contributed by atoms with Crippen LogP contribution >= 0.6 is 0 Å². The summed E-state index contributed by atoms with van der Waals surface area (Å²) in [5.41, 5.74) is 0.882. The van der Waals surface area contributed by atoms with E-state index in [1.807, 2.05) is 44.2 Å². The number of carbonyl (C=O) groups excluding carboxylic acids is 1. The molecule has 2 atom stereocenters. The van der Waals surface area contributed by atoms with Crippen LogP contribution in [0.1, 0.15) is 31.7 Å². The first-order valence-electron chi connectivity index (χ1n) is 7.33. The molecule has 0 aliphatic carbocycles. The zero-order valence-corrected chi connectivity index (χ0v) is 12.6. The van der Waals surface area contributed by atoms with E-state index in [0.29, 0.717) is 0 Å². The second-order valence-electron chi connectivity index (χ2n) is 5.39. The number of amides is 1. The number of anilines is 1. The topological polar surface area (TPSA) is 29.1 Å². The Labute approximate surface area is 129 Å². The minimum absolute atomic E-state index is 0.00404. The van der Waals surface area contributed by atoms with Gasteiger partial charge in [-0.05, 0) is 23.6 Å². The summed E-state index contributed by atoms with van der Waals surface area (Å²) in [5, 5.41) is 2.57. The van der Waals surface area contributed by atoms with Crippen molar-refractivity contribution in [2.45, 2.75) is 26.2 Å². The Morgan fingerprint density at radius 1 is 1.14 bits per heavy atom. The quantitative estimate of drug-likeness (QED) is 0.849. The molecule has 22 heavy (non-hydrogen) atoms. The van der Waals surface area contributed by atoms with Gasteiger partial charge in [0.05, 0.1) is 11.6 Å². The molecule has 0 spiro atoms. The Morgan fingerprint density at radius 3 is 2.41 bits per heavy atom. The Hall–Kier alpha value is -2.23. The summed E-state index contributed by atoms with van der Waals surface area (Å²) >= 11 is 0. The number of hydrogen-bond donors (Lipinski definition) is 1. The second kappa shape index (κ2) is 7.16. The van der Waals surface area contributed by atoms with E-state index in [2.05, 4.69) is 5.32 Å². The van der Waals surface area contributed by atoms with E-state index in [9.17, 15) is 13.6 Å². The number of rotatable bonds is 5. The molecule has 0 heterocycles. The fraction of sp³-hybridized carbons (Fsp3) is 0.278. The lowest BCUT2D eigenvalue weighted by Crippen LogP contribution is -2.26. The molecular weight excluding hydrogens is 284 g/mol. The normalized spacial score (nSPS) is 13.5. The Morgan fingerprint density at radius 2 is 1.82 bits per heavy atom. The maximum absolute atomic E-state index is 13.7. The van der Waals surface area contributed by atoms with Crippen molar-refractivity contribution in [3.8, 4) is 0 Å². The van der Waals surface area contributed by atoms with Crippen LogP contribution in [-0.4, -0.2) is 5.91 Å². The van der Waals surface area contributed by atoms with Crippen LogP contribution in [0.5, 0.6) is 0 Å². The van der Waals surface area contributed by atoms with E-state index in [1.165, 1.54) is 6.07 Å². The standard InChI is InChI=1S/C18H19F2NO/c1-3-12(2)17(13-7-5-4-6-8-13)18(22)21-16-10-9-14(19)11-15(16)20/h4-12,17H,3H2,1-2H3,(H,21,22)/t12-,17-/m1/s1. The van der Waals surface area contributed by atoms with Crippen molar-refractivity contribution in [3.63, 3.8) is 0 Å². The molecule has 116 valence electrons. The minimum atomic E-state index is -0.774. The predicted octanol–water partition coefficient (Wildman–Crippen LogP) is 4.73. The molecule has 0 bridgehead atoms. The zero-order chi connectivity index (χ0) is 16.1. The van der Waals surface area contributed by atoms with Gasteiger partial charge in [0, 0.05) is 6.07 Å². The second-order valence-corrected chi connectivity index (χ2v) is 5.39. The largest absolute Gasteiger partial charge is 0.323 e. The zero-order valence-electron chi connectivity index (χ0n) is 12.6. The number of carbonyl (C=O) groups is 1. The third kappa shape index (κ3) is 3.70. The molecule has 1 N–H and O–H groups in total. The van der Waals surface area contributed by atoms with Crippen molar-refractivity contribution in [3.05, 3.63) is 65.7 Å². The highest BCUT2D eigenvalue weighted by Crippen LogP contribution is 2.29. The molecule has 0 aromatic heterocycles. The first-order valence-corrected chi connectivity index (χ1v) is 7.33. The van der Waals surface area contributed by atoms with Crippen molar-refractivity contribution in [2.24, 2.45) is 5.92 Å². The summed E-state index contributed by atoms with van der Waals surface area (Å²) in [6.07, 6.45) is 0.818. The number of nitrogens with one attached hydrogen (secondary N) is 1. The van der Waals surface area contributed by atoms with Gasteiger partial charge in [-0.2, -0.15) is 0 Å². The highest BCUT2D eigenvalue weighted by molar-refractivity contribution is 5.96. The molecule has 0 unspecified atom stereocenters. The minimum Gasteiger partial charge on any atom is -0.323 e. The van der Waals surface area contributed by atoms with Crippen molar-refractivity contribution < 1.29 is 13.6 Å². The summed E-state index contributed by atoms with van der Waals surface area (Å²) in [7, 11) is 0. The van der Waals surface area contributed by atoms with Crippen LogP contribution in [0.3, 0.4) is 0 Å². The maximum Gasteiger partial charge on any atom is 0.232 e. The fourth-order valence-corrected chi connectivity index (χ4v) is 2.44. The smallest absolute Gasteiger partial charge is 0.232 e. The summed E-state index contributed by atoms with van der Waals surface area (Å²) < 4.78 is 26.6. The molecule has 2 rings (SSSR count). The molecule has 0 aliphatic heterocycles. The summed E-state index contributed by atoms with van der Waals surface area (Å²) in [4.78, 5) is 12.6. The molecule has 0 fully saturated rings. The van der Waals surface area contributed by atoms with Crippen molar-refractivity contribution in [1.82, 2.24) is 0 Å². The first kappa shape index (κ1) is 16.1. The van der Waals surface area contributed by atoms with E-state index in [0.717, 1.165) is 24.1 Å². The van der Waals surface area contributed by atoms with Crippen molar-refractivity contribution in [2.75, 3.05) is 5.32 Å². The molecule has 2 aromatic rings. The van der Waals surface area contributed by atoms with Gasteiger partial charge < -0.3 is 5.32 Å². The maximum atomic E-state index is 13.7. The van der Waals surface area contributed by atoms with Crippen LogP contribution in [0.25, 0.3) is 0 Å². The van der Waals surface area contributed by atoms with Crippen molar-refractivity contribution >= 4 is 11.6 Å². The molecule has 0 aliphatic rings. The molecule has 0 saturated heterocycles. The Kier molecular flexibility index (Phi) is 5.26. The summed E-state index contributed by atoms with van der Waals surface area (Å²) in [6, 6.07) is 12.5. The number of benzene rings is 2. The molecule has 1 amide bonds. The van der Waals surface area contributed by atoms with Gasteiger partial charge >= 0.3 is 0 Å².